The maximum absolute atomic E-state index is 12.6. The summed E-state index contributed by atoms with van der Waals surface area (Å²) < 4.78 is 13.6. The average molecular weight is 410 g/mol. The third kappa shape index (κ3) is 4.37. The van der Waals surface area contributed by atoms with E-state index in [0.717, 1.165) is 17.0 Å². The van der Waals surface area contributed by atoms with Crippen LogP contribution in [0.25, 0.3) is 5.69 Å². The van der Waals surface area contributed by atoms with E-state index in [1.807, 2.05) is 60.0 Å². The molecule has 3 aromatic rings. The SMILES string of the molecule is Cc1ccccc1-n1cnnc1SCC(=O)N(C)C[C@H]1COc2ccccc2O1. The van der Waals surface area contributed by atoms with Crippen LogP contribution in [-0.2, 0) is 4.79 Å². The number of nitrogens with zero attached hydrogens (tertiary/aromatic N) is 4. The zero-order valence-corrected chi connectivity index (χ0v) is 17.1. The van der Waals surface area contributed by atoms with Crippen LogP contribution in [0.2, 0.25) is 0 Å². The van der Waals surface area contributed by atoms with Crippen molar-refractivity contribution < 1.29 is 14.3 Å². The van der Waals surface area contributed by atoms with Gasteiger partial charge in [-0.25, -0.2) is 0 Å². The molecule has 1 aromatic heterocycles. The third-order valence-corrected chi connectivity index (χ3v) is 5.61. The van der Waals surface area contributed by atoms with Gasteiger partial charge in [0.25, 0.3) is 0 Å². The first-order valence-electron chi connectivity index (χ1n) is 9.33. The standard InChI is InChI=1S/C21H22N4O3S/c1-15-7-3-4-8-17(15)25-14-22-23-21(25)29-13-20(26)24(2)11-16-12-27-18-9-5-6-10-19(18)28-16/h3-10,14,16H,11-13H2,1-2H3/t16-/m0/s1. The van der Waals surface area contributed by atoms with Crippen LogP contribution in [0.3, 0.4) is 0 Å². The predicted molar refractivity (Wildman–Crippen MR) is 111 cm³/mol. The van der Waals surface area contributed by atoms with E-state index in [-0.39, 0.29) is 17.8 Å². The van der Waals surface area contributed by atoms with Crippen LogP contribution in [0.5, 0.6) is 11.5 Å². The average Bonchev–Trinajstić information content (AvgIpc) is 3.20. The van der Waals surface area contributed by atoms with Crippen molar-refractivity contribution in [2.75, 3.05) is 26.0 Å². The number of fused-ring (bicyclic) bond motifs is 1. The highest BCUT2D eigenvalue weighted by atomic mass is 32.2. The van der Waals surface area contributed by atoms with Crippen LogP contribution in [-0.4, -0.2) is 57.6 Å². The van der Waals surface area contributed by atoms with Gasteiger partial charge in [-0.1, -0.05) is 42.1 Å². The Bertz CT molecular complexity index is 1010. The minimum absolute atomic E-state index is 0.00297. The van der Waals surface area contributed by atoms with Gasteiger partial charge in [0, 0.05) is 7.05 Å². The van der Waals surface area contributed by atoms with Crippen LogP contribution < -0.4 is 9.47 Å². The Hall–Kier alpha value is -3.00. The molecule has 0 unspecified atom stereocenters. The second kappa shape index (κ2) is 8.57. The number of aryl methyl sites for hydroxylation is 1. The second-order valence-electron chi connectivity index (χ2n) is 6.83. The van der Waals surface area contributed by atoms with Crippen LogP contribution in [0.1, 0.15) is 5.56 Å². The number of likely N-dealkylation sites (N-methyl/N-ethyl adjacent to an activating group) is 1. The number of carbonyl (C=O) groups is 1. The summed E-state index contributed by atoms with van der Waals surface area (Å²) in [5.41, 5.74) is 2.12. The molecule has 1 aliphatic rings. The summed E-state index contributed by atoms with van der Waals surface area (Å²) in [6.07, 6.45) is 1.48. The minimum Gasteiger partial charge on any atom is -0.486 e. The van der Waals surface area contributed by atoms with E-state index in [1.165, 1.54) is 11.8 Å². The van der Waals surface area contributed by atoms with Gasteiger partial charge in [0.1, 0.15) is 12.9 Å². The highest BCUT2D eigenvalue weighted by Gasteiger charge is 2.24. The van der Waals surface area contributed by atoms with E-state index in [4.69, 9.17) is 9.47 Å². The topological polar surface area (TPSA) is 69.5 Å². The lowest BCUT2D eigenvalue weighted by molar-refractivity contribution is -0.128. The van der Waals surface area contributed by atoms with Crippen LogP contribution >= 0.6 is 11.8 Å². The molecule has 1 atom stereocenters. The summed E-state index contributed by atoms with van der Waals surface area (Å²) in [4.78, 5) is 14.3. The van der Waals surface area contributed by atoms with Gasteiger partial charge in [-0.3, -0.25) is 9.36 Å². The van der Waals surface area contributed by atoms with Gasteiger partial charge >= 0.3 is 0 Å². The lowest BCUT2D eigenvalue weighted by Gasteiger charge is -2.29. The van der Waals surface area contributed by atoms with Gasteiger partial charge < -0.3 is 14.4 Å². The van der Waals surface area contributed by atoms with Gasteiger partial charge in [0.15, 0.2) is 22.8 Å². The first kappa shape index (κ1) is 19.3. The lowest BCUT2D eigenvalue weighted by atomic mass is 10.2. The number of benzene rings is 2. The third-order valence-electron chi connectivity index (χ3n) is 4.69. The molecule has 0 fully saturated rings. The van der Waals surface area contributed by atoms with Gasteiger partial charge in [0.05, 0.1) is 18.0 Å². The number of amides is 1. The number of hydrogen-bond donors (Lipinski definition) is 0. The largest absolute Gasteiger partial charge is 0.486 e. The maximum Gasteiger partial charge on any atom is 0.232 e. The van der Waals surface area contributed by atoms with Crippen LogP contribution in [0, 0.1) is 6.92 Å². The highest BCUT2D eigenvalue weighted by Crippen LogP contribution is 2.31. The van der Waals surface area contributed by atoms with Gasteiger partial charge in [-0.05, 0) is 30.7 Å². The first-order chi connectivity index (χ1) is 14.1. The molecule has 1 aliphatic heterocycles. The van der Waals surface area contributed by atoms with Crippen molar-refractivity contribution in [2.45, 2.75) is 18.2 Å². The van der Waals surface area contributed by atoms with Gasteiger partial charge in [-0.2, -0.15) is 0 Å². The van der Waals surface area contributed by atoms with Gasteiger partial charge in [-0.15, -0.1) is 10.2 Å². The fraction of sp³-hybridized carbons (Fsp3) is 0.286. The summed E-state index contributed by atoms with van der Waals surface area (Å²) in [7, 11) is 1.78. The van der Waals surface area contributed by atoms with Crippen LogP contribution in [0.15, 0.2) is 60.0 Å². The number of thioether (sulfide) groups is 1. The molecular weight excluding hydrogens is 388 g/mol. The van der Waals surface area contributed by atoms with Gasteiger partial charge in [0.2, 0.25) is 5.91 Å². The van der Waals surface area contributed by atoms with E-state index < -0.39 is 0 Å². The van der Waals surface area contributed by atoms with E-state index in [0.29, 0.717) is 24.1 Å². The Balaban J connectivity index is 1.34. The van der Waals surface area contributed by atoms with E-state index >= 15 is 0 Å². The van der Waals surface area contributed by atoms with Crippen molar-refractivity contribution in [2.24, 2.45) is 0 Å². The van der Waals surface area contributed by atoms with E-state index in [9.17, 15) is 4.79 Å². The van der Waals surface area contributed by atoms with E-state index in [2.05, 4.69) is 10.2 Å². The summed E-state index contributed by atoms with van der Waals surface area (Å²) >= 11 is 1.37. The Kier molecular flexibility index (Phi) is 5.71. The maximum atomic E-state index is 12.6. The quantitative estimate of drug-likeness (QED) is 0.582. The van der Waals surface area contributed by atoms with Crippen molar-refractivity contribution in [1.29, 1.82) is 0 Å². The summed E-state index contributed by atoms with van der Waals surface area (Å²) in [6, 6.07) is 15.6. The molecule has 0 aliphatic carbocycles. The normalized spacial score (nSPS) is 15.2. The molecule has 2 aromatic carbocycles. The summed E-state index contributed by atoms with van der Waals surface area (Å²) in [5, 5.41) is 8.86. The predicted octanol–water partition coefficient (Wildman–Crippen LogP) is 2.97. The fourth-order valence-electron chi connectivity index (χ4n) is 3.12. The van der Waals surface area contributed by atoms with Crippen molar-refractivity contribution in [3.8, 4) is 17.2 Å². The van der Waals surface area contributed by atoms with Crippen molar-refractivity contribution >= 4 is 17.7 Å². The molecule has 0 spiro atoms. The van der Waals surface area contributed by atoms with Crippen molar-refractivity contribution in [1.82, 2.24) is 19.7 Å². The molecule has 7 nitrogen and oxygen atoms in total. The molecule has 0 N–H and O–H groups in total. The zero-order chi connectivity index (χ0) is 20.2. The number of rotatable bonds is 6. The Morgan fingerprint density at radius 3 is 2.79 bits per heavy atom. The Labute approximate surface area is 173 Å². The second-order valence-corrected chi connectivity index (χ2v) is 7.77. The molecule has 0 saturated heterocycles. The van der Waals surface area contributed by atoms with Crippen LogP contribution in [0.4, 0.5) is 0 Å². The molecule has 4 rings (SSSR count). The van der Waals surface area contributed by atoms with E-state index in [1.54, 1.807) is 18.3 Å². The number of para-hydroxylation sites is 3. The monoisotopic (exact) mass is 410 g/mol. The molecule has 0 radical (unpaired) electrons. The Morgan fingerprint density at radius 2 is 1.97 bits per heavy atom. The number of carbonyl (C=O) groups excluding carboxylic acids is 1. The zero-order valence-electron chi connectivity index (χ0n) is 16.3. The smallest absolute Gasteiger partial charge is 0.232 e. The molecule has 1 amide bonds. The first-order valence-corrected chi connectivity index (χ1v) is 10.3. The van der Waals surface area contributed by atoms with Crippen molar-refractivity contribution in [3.63, 3.8) is 0 Å². The molecule has 150 valence electrons. The summed E-state index contributed by atoms with van der Waals surface area (Å²) in [6.45, 7) is 2.91. The number of aromatic nitrogens is 3. The number of ether oxygens (including phenoxy) is 2. The lowest BCUT2D eigenvalue weighted by Crippen LogP contribution is -2.42. The molecular formula is C21H22N4O3S. The molecule has 29 heavy (non-hydrogen) atoms. The molecule has 0 bridgehead atoms. The highest BCUT2D eigenvalue weighted by molar-refractivity contribution is 7.99. The summed E-state index contributed by atoms with van der Waals surface area (Å²) in [5.74, 6) is 1.72. The van der Waals surface area contributed by atoms with Crippen molar-refractivity contribution in [3.05, 3.63) is 60.4 Å². The molecule has 0 saturated carbocycles. The minimum atomic E-state index is -0.195. The Morgan fingerprint density at radius 1 is 1.21 bits per heavy atom. The number of hydrogen-bond acceptors (Lipinski definition) is 6. The molecule has 2 heterocycles. The fourth-order valence-corrected chi connectivity index (χ4v) is 3.98. The molecule has 8 heteroatoms.